The normalized spacial score (nSPS) is 11.2. The molecule has 0 bridgehead atoms. The van der Waals surface area contributed by atoms with Crippen LogP contribution in [-0.4, -0.2) is 41.4 Å². The van der Waals surface area contributed by atoms with E-state index >= 15 is 0 Å². The summed E-state index contributed by atoms with van der Waals surface area (Å²) >= 11 is 1.71. The first kappa shape index (κ1) is 15.1. The average Bonchev–Trinajstić information content (AvgIpc) is 2.80. The number of likely N-dealkylation sites (N-methyl/N-ethyl adjacent to an activating group) is 1. The lowest BCUT2D eigenvalue weighted by Crippen LogP contribution is -2.22. The Morgan fingerprint density at radius 2 is 2.00 bits per heavy atom. The van der Waals surface area contributed by atoms with Gasteiger partial charge in [0.15, 0.2) is 0 Å². The maximum absolute atomic E-state index is 8.93. The standard InChI is InChI=1S/C15H20N2O2S/c1-11-14(10-17(2)8-9-18)16-15(19-11)12-4-6-13(20-3)7-5-12/h4-7,18H,8-10H2,1-3H3. The fourth-order valence-electron chi connectivity index (χ4n) is 1.94. The fourth-order valence-corrected chi connectivity index (χ4v) is 2.35. The minimum absolute atomic E-state index is 0.149. The number of hydrogen-bond donors (Lipinski definition) is 1. The first-order valence-corrected chi connectivity index (χ1v) is 7.76. The molecule has 0 fully saturated rings. The Hall–Kier alpha value is -1.30. The highest BCUT2D eigenvalue weighted by molar-refractivity contribution is 7.98. The molecule has 0 aliphatic heterocycles. The Morgan fingerprint density at radius 3 is 2.60 bits per heavy atom. The van der Waals surface area contributed by atoms with Crippen LogP contribution in [0.4, 0.5) is 0 Å². The molecule has 2 rings (SSSR count). The summed E-state index contributed by atoms with van der Waals surface area (Å²) in [5.41, 5.74) is 1.91. The number of aromatic nitrogens is 1. The van der Waals surface area contributed by atoms with E-state index in [1.807, 2.05) is 31.0 Å². The molecule has 0 amide bonds. The predicted octanol–water partition coefficient (Wildman–Crippen LogP) is 2.80. The van der Waals surface area contributed by atoms with E-state index < -0.39 is 0 Å². The third-order valence-corrected chi connectivity index (χ3v) is 3.87. The van der Waals surface area contributed by atoms with Crippen molar-refractivity contribution >= 4 is 11.8 Å². The number of thioether (sulfide) groups is 1. The Balaban J connectivity index is 2.17. The van der Waals surface area contributed by atoms with Crippen molar-refractivity contribution in [1.82, 2.24) is 9.88 Å². The van der Waals surface area contributed by atoms with E-state index in [-0.39, 0.29) is 6.61 Å². The number of rotatable bonds is 6. The molecule has 1 aromatic carbocycles. The minimum Gasteiger partial charge on any atom is -0.441 e. The molecule has 2 aromatic rings. The maximum atomic E-state index is 8.93. The Kier molecular flexibility index (Phi) is 5.23. The maximum Gasteiger partial charge on any atom is 0.226 e. The van der Waals surface area contributed by atoms with Crippen molar-refractivity contribution in [2.45, 2.75) is 18.4 Å². The van der Waals surface area contributed by atoms with Gasteiger partial charge >= 0.3 is 0 Å². The molecule has 4 nitrogen and oxygen atoms in total. The van der Waals surface area contributed by atoms with Gasteiger partial charge < -0.3 is 9.52 Å². The van der Waals surface area contributed by atoms with E-state index in [1.54, 1.807) is 11.8 Å². The number of aryl methyl sites for hydroxylation is 1. The second-order valence-corrected chi connectivity index (χ2v) is 5.59. The average molecular weight is 292 g/mol. The number of aliphatic hydroxyl groups is 1. The second kappa shape index (κ2) is 6.92. The van der Waals surface area contributed by atoms with Crippen LogP contribution >= 0.6 is 11.8 Å². The van der Waals surface area contributed by atoms with Crippen molar-refractivity contribution in [3.63, 3.8) is 0 Å². The molecule has 0 unspecified atom stereocenters. The van der Waals surface area contributed by atoms with Crippen molar-refractivity contribution in [1.29, 1.82) is 0 Å². The van der Waals surface area contributed by atoms with Crippen LogP contribution in [0.25, 0.3) is 11.5 Å². The molecule has 0 radical (unpaired) electrons. The van der Waals surface area contributed by atoms with E-state index in [0.29, 0.717) is 19.0 Å². The van der Waals surface area contributed by atoms with E-state index in [4.69, 9.17) is 9.52 Å². The first-order chi connectivity index (χ1) is 9.63. The highest BCUT2D eigenvalue weighted by atomic mass is 32.2. The molecule has 1 N–H and O–H groups in total. The number of benzene rings is 1. The summed E-state index contributed by atoms with van der Waals surface area (Å²) in [5.74, 6) is 1.49. The molecule has 108 valence electrons. The van der Waals surface area contributed by atoms with Crippen LogP contribution in [0.15, 0.2) is 33.6 Å². The summed E-state index contributed by atoms with van der Waals surface area (Å²) in [4.78, 5) is 7.80. The van der Waals surface area contributed by atoms with Gasteiger partial charge in [0.2, 0.25) is 5.89 Å². The summed E-state index contributed by atoms with van der Waals surface area (Å²) in [6.07, 6.45) is 2.05. The van der Waals surface area contributed by atoms with E-state index in [2.05, 4.69) is 23.4 Å². The minimum atomic E-state index is 0.149. The summed E-state index contributed by atoms with van der Waals surface area (Å²) in [7, 11) is 1.96. The van der Waals surface area contributed by atoms with Crippen molar-refractivity contribution < 1.29 is 9.52 Å². The topological polar surface area (TPSA) is 49.5 Å². The van der Waals surface area contributed by atoms with Crippen LogP contribution < -0.4 is 0 Å². The van der Waals surface area contributed by atoms with Crippen LogP contribution in [0, 0.1) is 6.92 Å². The van der Waals surface area contributed by atoms with Gasteiger partial charge in [-0.2, -0.15) is 0 Å². The zero-order valence-electron chi connectivity index (χ0n) is 12.1. The highest BCUT2D eigenvalue weighted by Crippen LogP contribution is 2.24. The summed E-state index contributed by atoms with van der Waals surface area (Å²) < 4.78 is 5.75. The van der Waals surface area contributed by atoms with Crippen LogP contribution in [0.1, 0.15) is 11.5 Å². The third kappa shape index (κ3) is 3.62. The molecule has 0 spiro atoms. The van der Waals surface area contributed by atoms with Crippen LogP contribution in [-0.2, 0) is 6.54 Å². The third-order valence-electron chi connectivity index (χ3n) is 3.13. The molecule has 0 aliphatic rings. The van der Waals surface area contributed by atoms with Crippen molar-refractivity contribution in [2.24, 2.45) is 0 Å². The van der Waals surface area contributed by atoms with Crippen molar-refractivity contribution in [3.05, 3.63) is 35.7 Å². The Labute approximate surface area is 123 Å². The quantitative estimate of drug-likeness (QED) is 0.830. The summed E-state index contributed by atoms with van der Waals surface area (Å²) in [5, 5.41) is 8.93. The molecule has 20 heavy (non-hydrogen) atoms. The molecule has 0 saturated carbocycles. The lowest BCUT2D eigenvalue weighted by molar-refractivity contribution is 0.215. The SMILES string of the molecule is CSc1ccc(-c2nc(CN(C)CCO)c(C)o2)cc1. The van der Waals surface area contributed by atoms with E-state index in [1.165, 1.54) is 4.90 Å². The number of hydrogen-bond acceptors (Lipinski definition) is 5. The van der Waals surface area contributed by atoms with Crippen molar-refractivity contribution in [2.75, 3.05) is 26.5 Å². The van der Waals surface area contributed by atoms with Gasteiger partial charge in [-0.1, -0.05) is 0 Å². The van der Waals surface area contributed by atoms with Crippen LogP contribution in [0.2, 0.25) is 0 Å². The Morgan fingerprint density at radius 1 is 1.30 bits per heavy atom. The van der Waals surface area contributed by atoms with E-state index in [9.17, 15) is 0 Å². The van der Waals surface area contributed by atoms with Gasteiger partial charge in [-0.15, -0.1) is 11.8 Å². The number of aliphatic hydroxyl groups excluding tert-OH is 1. The highest BCUT2D eigenvalue weighted by Gasteiger charge is 2.13. The lowest BCUT2D eigenvalue weighted by atomic mass is 10.2. The number of oxazole rings is 1. The van der Waals surface area contributed by atoms with Gasteiger partial charge in [0.05, 0.1) is 12.3 Å². The molecule has 5 heteroatoms. The summed E-state index contributed by atoms with van der Waals surface area (Å²) in [6, 6.07) is 8.19. The molecule has 0 aliphatic carbocycles. The van der Waals surface area contributed by atoms with Crippen LogP contribution in [0.3, 0.4) is 0 Å². The molecular formula is C15H20N2O2S. The smallest absolute Gasteiger partial charge is 0.226 e. The van der Waals surface area contributed by atoms with Gasteiger partial charge in [0, 0.05) is 23.5 Å². The number of nitrogens with zero attached hydrogens (tertiary/aromatic N) is 2. The zero-order chi connectivity index (χ0) is 14.5. The largest absolute Gasteiger partial charge is 0.441 e. The lowest BCUT2D eigenvalue weighted by Gasteiger charge is -2.12. The molecule has 0 saturated heterocycles. The zero-order valence-corrected chi connectivity index (χ0v) is 12.9. The van der Waals surface area contributed by atoms with Gasteiger partial charge in [0.25, 0.3) is 0 Å². The Bertz CT molecular complexity index is 552. The van der Waals surface area contributed by atoms with Gasteiger partial charge in [-0.3, -0.25) is 4.90 Å². The molecule has 1 aromatic heterocycles. The fraction of sp³-hybridized carbons (Fsp3) is 0.400. The van der Waals surface area contributed by atoms with Crippen LogP contribution in [0.5, 0.6) is 0 Å². The monoisotopic (exact) mass is 292 g/mol. The molecular weight excluding hydrogens is 272 g/mol. The second-order valence-electron chi connectivity index (χ2n) is 4.71. The van der Waals surface area contributed by atoms with Gasteiger partial charge in [0.1, 0.15) is 5.76 Å². The van der Waals surface area contributed by atoms with Gasteiger partial charge in [-0.25, -0.2) is 4.98 Å². The predicted molar refractivity (Wildman–Crippen MR) is 81.9 cm³/mol. The molecule has 1 heterocycles. The first-order valence-electron chi connectivity index (χ1n) is 6.54. The molecule has 0 atom stereocenters. The van der Waals surface area contributed by atoms with Crippen molar-refractivity contribution in [3.8, 4) is 11.5 Å². The van der Waals surface area contributed by atoms with Gasteiger partial charge in [-0.05, 0) is 44.5 Å². The summed E-state index contributed by atoms with van der Waals surface area (Å²) in [6.45, 7) is 3.38. The van der Waals surface area contributed by atoms with E-state index in [0.717, 1.165) is 17.0 Å².